The van der Waals surface area contributed by atoms with Crippen LogP contribution in [0.2, 0.25) is 0 Å². The van der Waals surface area contributed by atoms with Gasteiger partial charge in [0.1, 0.15) is 22.5 Å². The minimum Gasteiger partial charge on any atom is -0.508 e. The molecule has 8 heteroatoms. The Morgan fingerprint density at radius 3 is 2.17 bits per heavy atom. The number of phenolic OH excluding ortho intramolecular Hbond substituents is 4. The van der Waals surface area contributed by atoms with E-state index >= 15 is 0 Å². The van der Waals surface area contributed by atoms with Crippen LogP contribution in [0.3, 0.4) is 0 Å². The number of aromatic hydroxyl groups is 5. The van der Waals surface area contributed by atoms with Gasteiger partial charge in [0.05, 0.1) is 0 Å². The molecule has 23 heavy (non-hydrogen) atoms. The number of phenols is 4. The fourth-order valence-corrected chi connectivity index (χ4v) is 2.14. The molecule has 1 heterocycles. The van der Waals surface area contributed by atoms with Crippen molar-refractivity contribution in [1.82, 2.24) is 0 Å². The van der Waals surface area contributed by atoms with E-state index in [-0.39, 0.29) is 57.5 Å². The molecular weight excluding hydrogens is 420 g/mol. The van der Waals surface area contributed by atoms with Crippen LogP contribution in [0.15, 0.2) is 39.5 Å². The molecule has 2 radical (unpaired) electrons. The van der Waals surface area contributed by atoms with Gasteiger partial charge < -0.3 is 29.9 Å². The van der Waals surface area contributed by atoms with Gasteiger partial charge in [-0.15, -0.1) is 0 Å². The first kappa shape index (κ1) is 16.8. The Morgan fingerprint density at radius 2 is 1.52 bits per heavy atom. The Morgan fingerprint density at radius 1 is 0.826 bits per heavy atom. The molecule has 5 N–H and O–H groups in total. The van der Waals surface area contributed by atoms with Crippen LogP contribution in [-0.4, -0.2) is 49.2 Å². The Bertz CT molecular complexity index is 962. The normalized spacial score (nSPS) is 10.4. The topological polar surface area (TPSA) is 131 Å². The average Bonchev–Trinajstić information content (AvgIpc) is 2.45. The van der Waals surface area contributed by atoms with E-state index in [1.807, 2.05) is 0 Å². The van der Waals surface area contributed by atoms with E-state index in [1.165, 1.54) is 6.07 Å². The summed E-state index contributed by atoms with van der Waals surface area (Å²) in [6.45, 7) is 0. The monoisotopic (exact) mass is 432 g/mol. The minimum absolute atomic E-state index is 0. The third-order valence-corrected chi connectivity index (χ3v) is 3.17. The molecule has 0 unspecified atom stereocenters. The number of rotatable bonds is 1. The van der Waals surface area contributed by atoms with Crippen LogP contribution in [0.1, 0.15) is 0 Å². The standard InChI is InChI=1S/C15H10O7.Te/c16-7-4-10(19)12-11(5-7)22-15(14(21)13(12)20)6-1-2-8(17)9(18)3-6;/h1-5,16-19,21H;. The van der Waals surface area contributed by atoms with E-state index in [0.717, 1.165) is 24.3 Å². The third-order valence-electron chi connectivity index (χ3n) is 3.17. The Hall–Kier alpha value is -2.56. The van der Waals surface area contributed by atoms with Crippen LogP contribution < -0.4 is 5.43 Å². The maximum Gasteiger partial charge on any atom is 0.238 e. The number of fused-ring (bicyclic) bond motifs is 1. The second-order valence-electron chi connectivity index (χ2n) is 4.65. The van der Waals surface area contributed by atoms with Crippen molar-refractivity contribution >= 4 is 34.6 Å². The molecule has 0 aliphatic carbocycles. The maximum absolute atomic E-state index is 12.1. The zero-order valence-electron chi connectivity index (χ0n) is 11.3. The molecule has 0 aliphatic heterocycles. The summed E-state index contributed by atoms with van der Waals surface area (Å²) >= 11 is 0. The van der Waals surface area contributed by atoms with Gasteiger partial charge in [-0.25, -0.2) is 0 Å². The molecule has 3 aromatic rings. The molecule has 0 spiro atoms. The summed E-state index contributed by atoms with van der Waals surface area (Å²) in [5.41, 5.74) is -0.890. The molecule has 1 aromatic heterocycles. The Labute approximate surface area is 145 Å². The molecule has 118 valence electrons. The van der Waals surface area contributed by atoms with Gasteiger partial charge in [-0.2, -0.15) is 0 Å². The van der Waals surface area contributed by atoms with Crippen molar-refractivity contribution in [2.75, 3.05) is 0 Å². The van der Waals surface area contributed by atoms with Crippen molar-refractivity contribution in [3.05, 3.63) is 40.6 Å². The molecule has 0 saturated carbocycles. The van der Waals surface area contributed by atoms with Gasteiger partial charge in [0, 0.05) is 41.4 Å². The van der Waals surface area contributed by atoms with E-state index in [9.17, 15) is 30.3 Å². The molecule has 0 fully saturated rings. The quantitative estimate of drug-likeness (QED) is 0.293. The molecule has 0 bridgehead atoms. The fraction of sp³-hybridized carbons (Fsp3) is 0. The largest absolute Gasteiger partial charge is 0.508 e. The SMILES string of the molecule is O=c1c(O)c(-c2ccc(O)c(O)c2)oc2cc(O)cc(O)c12.[Te]. The first-order valence-corrected chi connectivity index (χ1v) is 6.12. The molecule has 0 saturated heterocycles. The van der Waals surface area contributed by atoms with E-state index in [4.69, 9.17) is 4.42 Å². The van der Waals surface area contributed by atoms with Crippen LogP contribution in [0.5, 0.6) is 28.7 Å². The third kappa shape index (κ3) is 2.74. The van der Waals surface area contributed by atoms with Gasteiger partial charge >= 0.3 is 0 Å². The summed E-state index contributed by atoms with van der Waals surface area (Å²) < 4.78 is 5.35. The molecular formula is C15H10O7Te. The zero-order valence-corrected chi connectivity index (χ0v) is 13.7. The van der Waals surface area contributed by atoms with Crippen molar-refractivity contribution < 1.29 is 29.9 Å². The van der Waals surface area contributed by atoms with Crippen LogP contribution in [0.4, 0.5) is 0 Å². The first-order chi connectivity index (χ1) is 10.4. The smallest absolute Gasteiger partial charge is 0.238 e. The van der Waals surface area contributed by atoms with Gasteiger partial charge in [0.25, 0.3) is 0 Å². The van der Waals surface area contributed by atoms with E-state index in [1.54, 1.807) is 0 Å². The van der Waals surface area contributed by atoms with Crippen LogP contribution in [-0.2, 0) is 0 Å². The summed E-state index contributed by atoms with van der Waals surface area (Å²) in [6, 6.07) is 5.64. The molecule has 0 aliphatic rings. The van der Waals surface area contributed by atoms with Crippen molar-refractivity contribution in [1.29, 1.82) is 0 Å². The van der Waals surface area contributed by atoms with Crippen molar-refractivity contribution in [3.63, 3.8) is 0 Å². The number of hydrogen-bond acceptors (Lipinski definition) is 7. The summed E-state index contributed by atoms with van der Waals surface area (Å²) in [5.74, 6) is -2.71. The summed E-state index contributed by atoms with van der Waals surface area (Å²) in [7, 11) is 0. The average molecular weight is 430 g/mol. The molecule has 0 amide bonds. The second kappa shape index (κ2) is 5.91. The minimum atomic E-state index is -0.888. The Kier molecular flexibility index (Phi) is 4.32. The molecule has 7 nitrogen and oxygen atoms in total. The van der Waals surface area contributed by atoms with E-state index in [2.05, 4.69) is 0 Å². The van der Waals surface area contributed by atoms with Crippen molar-refractivity contribution in [2.24, 2.45) is 0 Å². The van der Waals surface area contributed by atoms with Crippen LogP contribution in [0.25, 0.3) is 22.3 Å². The van der Waals surface area contributed by atoms with Crippen LogP contribution >= 0.6 is 0 Å². The summed E-state index contributed by atoms with van der Waals surface area (Å²) in [4.78, 5) is 12.1. The van der Waals surface area contributed by atoms with Gasteiger partial charge in [-0.3, -0.25) is 4.79 Å². The van der Waals surface area contributed by atoms with Gasteiger partial charge in [-0.05, 0) is 18.2 Å². The molecule has 0 atom stereocenters. The van der Waals surface area contributed by atoms with Crippen molar-refractivity contribution in [3.8, 4) is 40.1 Å². The van der Waals surface area contributed by atoms with E-state index < -0.39 is 22.7 Å². The zero-order chi connectivity index (χ0) is 16.0. The predicted octanol–water partition coefficient (Wildman–Crippen LogP) is 1.61. The van der Waals surface area contributed by atoms with Crippen LogP contribution in [0, 0.1) is 0 Å². The van der Waals surface area contributed by atoms with E-state index in [0.29, 0.717) is 0 Å². The molecule has 3 rings (SSSR count). The summed E-state index contributed by atoms with van der Waals surface area (Å²) in [6.07, 6.45) is 0. The summed E-state index contributed by atoms with van der Waals surface area (Å²) in [5, 5.41) is 47.6. The Balaban J connectivity index is 0.00000192. The number of benzene rings is 2. The number of hydrogen-bond donors (Lipinski definition) is 5. The van der Waals surface area contributed by atoms with Gasteiger partial charge in [-0.1, -0.05) is 0 Å². The second-order valence-corrected chi connectivity index (χ2v) is 4.65. The first-order valence-electron chi connectivity index (χ1n) is 6.12. The fourth-order valence-electron chi connectivity index (χ4n) is 2.14. The van der Waals surface area contributed by atoms with Gasteiger partial charge in [0.2, 0.25) is 11.2 Å². The molecule has 2 aromatic carbocycles. The van der Waals surface area contributed by atoms with Crippen molar-refractivity contribution in [2.45, 2.75) is 0 Å². The predicted molar refractivity (Wildman–Crippen MR) is 82.0 cm³/mol. The van der Waals surface area contributed by atoms with Gasteiger partial charge in [0.15, 0.2) is 17.3 Å². The maximum atomic E-state index is 12.1.